The lowest BCUT2D eigenvalue weighted by Gasteiger charge is -2.43. The van der Waals surface area contributed by atoms with Gasteiger partial charge >= 0.3 is 11.9 Å². The van der Waals surface area contributed by atoms with Crippen molar-refractivity contribution in [2.75, 3.05) is 7.05 Å². The molecule has 2 saturated heterocycles. The number of ether oxygens (including phenoxy) is 1. The van der Waals surface area contributed by atoms with Crippen LogP contribution >= 0.6 is 0 Å². The molecule has 3 heterocycles. The lowest BCUT2D eigenvalue weighted by atomic mass is 9.70. The molecule has 4 aliphatic rings. The third-order valence-corrected chi connectivity index (χ3v) is 3.48. The van der Waals surface area contributed by atoms with Gasteiger partial charge < -0.3 is 9.64 Å². The molecule has 3 aliphatic heterocycles. The molecule has 5 nitrogen and oxygen atoms in total. The lowest BCUT2D eigenvalue weighted by Crippen LogP contribution is -2.57. The summed E-state index contributed by atoms with van der Waals surface area (Å²) in [4.78, 5) is 36.1. The Hall–Kier alpha value is -1.65. The number of hydrogen-bond acceptors (Lipinski definition) is 4. The van der Waals surface area contributed by atoms with E-state index in [9.17, 15) is 14.4 Å². The Morgan fingerprint density at radius 1 is 1.13 bits per heavy atom. The van der Waals surface area contributed by atoms with Crippen LogP contribution in [-0.4, -0.2) is 35.8 Å². The number of nitrogens with zero attached hydrogens (tertiary/aromatic N) is 1. The second-order valence-corrected chi connectivity index (χ2v) is 4.14. The van der Waals surface area contributed by atoms with Crippen LogP contribution in [-0.2, 0) is 19.1 Å². The van der Waals surface area contributed by atoms with Crippen LogP contribution in [0.15, 0.2) is 12.2 Å². The molecule has 0 N–H and O–H groups in total. The number of hydrogen-bond donors (Lipinski definition) is 0. The van der Waals surface area contributed by atoms with E-state index in [-0.39, 0.29) is 11.9 Å². The summed E-state index contributed by atoms with van der Waals surface area (Å²) in [5.74, 6) is -2.74. The fourth-order valence-corrected chi connectivity index (χ4v) is 2.71. The Kier molecular flexibility index (Phi) is 1.43. The van der Waals surface area contributed by atoms with Crippen LogP contribution < -0.4 is 0 Å². The molecule has 5 heteroatoms. The van der Waals surface area contributed by atoms with E-state index in [0.717, 1.165) is 0 Å². The molecule has 2 bridgehead atoms. The van der Waals surface area contributed by atoms with E-state index in [2.05, 4.69) is 4.74 Å². The van der Waals surface area contributed by atoms with E-state index >= 15 is 0 Å². The van der Waals surface area contributed by atoms with Crippen molar-refractivity contribution in [1.29, 1.82) is 0 Å². The average molecular weight is 207 g/mol. The van der Waals surface area contributed by atoms with Gasteiger partial charge in [0, 0.05) is 7.05 Å². The van der Waals surface area contributed by atoms with Gasteiger partial charge in [-0.05, 0) is 0 Å². The number of carbonyl (C=O) groups is 3. The van der Waals surface area contributed by atoms with Gasteiger partial charge in [0.1, 0.15) is 0 Å². The predicted molar refractivity (Wildman–Crippen MR) is 47.3 cm³/mol. The number of fused-ring (bicyclic) bond motifs is 1. The minimum absolute atomic E-state index is 0.101. The summed E-state index contributed by atoms with van der Waals surface area (Å²) < 4.78 is 4.59. The number of carbonyl (C=O) groups excluding carboxylic acids is 3. The van der Waals surface area contributed by atoms with Crippen LogP contribution in [0.3, 0.4) is 0 Å². The number of piperidine rings is 1. The third-order valence-electron chi connectivity index (χ3n) is 3.48. The summed E-state index contributed by atoms with van der Waals surface area (Å²) in [5.41, 5.74) is 0. The molecule has 0 aromatic carbocycles. The summed E-state index contributed by atoms with van der Waals surface area (Å²) in [6, 6.07) is -0.313. The van der Waals surface area contributed by atoms with Crippen LogP contribution in [0.5, 0.6) is 0 Å². The largest absolute Gasteiger partial charge is 0.393 e. The topological polar surface area (TPSA) is 63.7 Å². The second kappa shape index (κ2) is 2.48. The molecule has 78 valence electrons. The Morgan fingerprint density at radius 3 is 2.53 bits per heavy atom. The van der Waals surface area contributed by atoms with E-state index in [1.807, 2.05) is 6.08 Å². The van der Waals surface area contributed by atoms with Crippen molar-refractivity contribution in [3.8, 4) is 0 Å². The maximum absolute atomic E-state index is 11.7. The molecule has 1 amide bonds. The van der Waals surface area contributed by atoms with Gasteiger partial charge in [-0.1, -0.05) is 12.2 Å². The molecular formula is C10H9NO4. The van der Waals surface area contributed by atoms with E-state index in [1.54, 1.807) is 13.1 Å². The molecular weight excluding hydrogens is 198 g/mol. The Labute approximate surface area is 85.7 Å². The molecule has 15 heavy (non-hydrogen) atoms. The van der Waals surface area contributed by atoms with Crippen molar-refractivity contribution in [3.05, 3.63) is 12.2 Å². The van der Waals surface area contributed by atoms with Gasteiger partial charge in [-0.2, -0.15) is 0 Å². The lowest BCUT2D eigenvalue weighted by molar-refractivity contribution is -0.154. The van der Waals surface area contributed by atoms with E-state index in [0.29, 0.717) is 0 Å². The molecule has 0 spiro atoms. The zero-order valence-corrected chi connectivity index (χ0v) is 8.04. The molecule has 1 aliphatic carbocycles. The molecule has 0 saturated carbocycles. The number of amides is 1. The van der Waals surface area contributed by atoms with Gasteiger partial charge in [0.25, 0.3) is 0 Å². The minimum atomic E-state index is -0.587. The normalized spacial score (nSPS) is 42.2. The number of rotatable bonds is 0. The minimum Gasteiger partial charge on any atom is -0.393 e. The molecule has 4 rings (SSSR count). The van der Waals surface area contributed by atoms with Crippen molar-refractivity contribution in [2.45, 2.75) is 6.04 Å². The van der Waals surface area contributed by atoms with Crippen molar-refractivity contribution in [3.63, 3.8) is 0 Å². The summed E-state index contributed by atoms with van der Waals surface area (Å²) >= 11 is 0. The first-order chi connectivity index (χ1) is 7.11. The molecule has 4 atom stereocenters. The average Bonchev–Trinajstić information content (AvgIpc) is 2.51. The van der Waals surface area contributed by atoms with Crippen molar-refractivity contribution >= 4 is 17.8 Å². The van der Waals surface area contributed by atoms with Gasteiger partial charge in [-0.15, -0.1) is 0 Å². The fourth-order valence-electron chi connectivity index (χ4n) is 2.71. The molecule has 0 aromatic rings. The summed E-state index contributed by atoms with van der Waals surface area (Å²) in [6.45, 7) is 0. The van der Waals surface area contributed by atoms with Crippen LogP contribution in [0.25, 0.3) is 0 Å². The van der Waals surface area contributed by atoms with Crippen LogP contribution in [0.1, 0.15) is 0 Å². The highest BCUT2D eigenvalue weighted by atomic mass is 16.6. The maximum Gasteiger partial charge on any atom is 0.319 e. The van der Waals surface area contributed by atoms with Crippen LogP contribution in [0.4, 0.5) is 0 Å². The highest BCUT2D eigenvalue weighted by Crippen LogP contribution is 2.43. The standard InChI is InChI=1S/C10H9NO4/c1-11-5-3-2-4(8(11)12)6-7(5)10(14)15-9(6)13/h2-7H,1H3. The first-order valence-corrected chi connectivity index (χ1v) is 4.82. The van der Waals surface area contributed by atoms with Gasteiger partial charge in [0.15, 0.2) is 0 Å². The zero-order valence-electron chi connectivity index (χ0n) is 8.04. The Balaban J connectivity index is 2.12. The molecule has 0 radical (unpaired) electrons. The van der Waals surface area contributed by atoms with Crippen molar-refractivity contribution in [2.24, 2.45) is 17.8 Å². The van der Waals surface area contributed by atoms with Gasteiger partial charge in [-0.25, -0.2) is 0 Å². The smallest absolute Gasteiger partial charge is 0.319 e. The van der Waals surface area contributed by atoms with Crippen molar-refractivity contribution < 1.29 is 19.1 Å². The first-order valence-electron chi connectivity index (χ1n) is 4.82. The van der Waals surface area contributed by atoms with Crippen molar-refractivity contribution in [1.82, 2.24) is 4.90 Å². The van der Waals surface area contributed by atoms with Gasteiger partial charge in [-0.3, -0.25) is 14.4 Å². The summed E-state index contributed by atoms with van der Waals surface area (Å²) in [5, 5.41) is 0. The SMILES string of the molecule is CN1C(=O)C2C=CC1C1C(=O)OC(=O)C21. The Morgan fingerprint density at radius 2 is 1.80 bits per heavy atom. The number of esters is 2. The van der Waals surface area contributed by atoms with Gasteiger partial charge in [0.05, 0.1) is 23.8 Å². The summed E-state index contributed by atoms with van der Waals surface area (Å²) in [6.07, 6.45) is 3.53. The molecule has 2 fully saturated rings. The first kappa shape index (κ1) is 8.64. The third kappa shape index (κ3) is 0.854. The molecule has 4 unspecified atom stereocenters. The highest BCUT2D eigenvalue weighted by Gasteiger charge is 2.60. The van der Waals surface area contributed by atoms with Crippen LogP contribution in [0.2, 0.25) is 0 Å². The summed E-state index contributed by atoms with van der Waals surface area (Å²) in [7, 11) is 1.65. The number of cyclic esters (lactones) is 2. The van der Waals surface area contributed by atoms with Crippen LogP contribution in [0, 0.1) is 17.8 Å². The predicted octanol–water partition coefficient (Wildman–Crippen LogP) is -0.671. The highest BCUT2D eigenvalue weighted by molar-refractivity contribution is 6.02. The van der Waals surface area contributed by atoms with E-state index in [1.165, 1.54) is 4.90 Å². The number of likely N-dealkylation sites (N-methyl/N-ethyl adjacent to an activating group) is 1. The zero-order chi connectivity index (χ0) is 10.7. The van der Waals surface area contributed by atoms with Gasteiger partial charge in [0.2, 0.25) is 5.91 Å². The Bertz CT molecular complexity index is 414. The van der Waals surface area contributed by atoms with E-state index in [4.69, 9.17) is 0 Å². The van der Waals surface area contributed by atoms with E-state index < -0.39 is 29.7 Å². The fraction of sp³-hybridized carbons (Fsp3) is 0.500. The molecule has 0 aromatic heterocycles. The quantitative estimate of drug-likeness (QED) is 0.300. The maximum atomic E-state index is 11.7. The second-order valence-electron chi connectivity index (χ2n) is 4.14. The monoisotopic (exact) mass is 207 g/mol.